The van der Waals surface area contributed by atoms with Gasteiger partial charge in [-0.3, -0.25) is 4.79 Å². The molecule has 0 saturated carbocycles. The van der Waals surface area contributed by atoms with Crippen LogP contribution in [-0.2, 0) is 11.2 Å². The van der Waals surface area contributed by atoms with E-state index in [-0.39, 0.29) is 24.4 Å². The third-order valence-corrected chi connectivity index (χ3v) is 3.82. The van der Waals surface area contributed by atoms with Gasteiger partial charge in [0.05, 0.1) is 26.3 Å². The number of halogens is 1. The van der Waals surface area contributed by atoms with Crippen molar-refractivity contribution in [1.29, 1.82) is 0 Å². The highest BCUT2D eigenvalue weighted by Crippen LogP contribution is 2.29. The topological polar surface area (TPSA) is 73.6 Å². The molecule has 2 atom stereocenters. The van der Waals surface area contributed by atoms with Gasteiger partial charge in [-0.05, 0) is 36.6 Å². The molecule has 0 aromatic heterocycles. The Morgan fingerprint density at radius 2 is 1.72 bits per heavy atom. The zero-order valence-corrected chi connectivity index (χ0v) is 15.5. The number of amides is 1. The van der Waals surface area contributed by atoms with Crippen LogP contribution < -0.4 is 20.5 Å². The minimum atomic E-state index is -0.554. The summed E-state index contributed by atoms with van der Waals surface area (Å²) in [5.41, 5.74) is 7.75. The van der Waals surface area contributed by atoms with Crippen LogP contribution >= 0.6 is 12.4 Å². The number of hydrogen-bond donors (Lipinski definition) is 2. The van der Waals surface area contributed by atoms with Gasteiger partial charge in [0.2, 0.25) is 5.91 Å². The first-order chi connectivity index (χ1) is 11.5. The van der Waals surface area contributed by atoms with Crippen molar-refractivity contribution in [1.82, 2.24) is 5.32 Å². The average Bonchev–Trinajstić information content (AvgIpc) is 2.61. The molecular formula is C19H25ClN2O3. The standard InChI is InChI=1S/C19H24N2O3.ClH/c1-13(20)19(22)21-16(15-7-5-4-6-8-15)11-14-9-10-17(23-2)18(12-14)24-3;/h4-10,12-13,16H,11,20H2,1-3H3,(H,21,22);1H/t13-,16?;/m1./s1. The Kier molecular flexibility index (Phi) is 8.25. The molecule has 2 rings (SSSR count). The molecule has 0 aliphatic rings. The lowest BCUT2D eigenvalue weighted by Gasteiger charge is -2.21. The molecule has 1 unspecified atom stereocenters. The number of rotatable bonds is 7. The average molecular weight is 365 g/mol. The molecule has 1 amide bonds. The van der Waals surface area contributed by atoms with E-state index in [0.717, 1.165) is 11.1 Å². The fraction of sp³-hybridized carbons (Fsp3) is 0.316. The first kappa shape index (κ1) is 20.8. The first-order valence-corrected chi connectivity index (χ1v) is 7.87. The van der Waals surface area contributed by atoms with Crippen molar-refractivity contribution in [2.24, 2.45) is 5.73 Å². The zero-order chi connectivity index (χ0) is 17.5. The van der Waals surface area contributed by atoms with E-state index in [2.05, 4.69) is 5.32 Å². The highest BCUT2D eigenvalue weighted by atomic mass is 35.5. The number of hydrogen-bond acceptors (Lipinski definition) is 4. The molecule has 0 saturated heterocycles. The third-order valence-electron chi connectivity index (χ3n) is 3.82. The number of carbonyl (C=O) groups is 1. The van der Waals surface area contributed by atoms with Crippen LogP contribution in [0.25, 0.3) is 0 Å². The Labute approximate surface area is 154 Å². The summed E-state index contributed by atoms with van der Waals surface area (Å²) in [7, 11) is 3.21. The van der Waals surface area contributed by atoms with Crippen LogP contribution in [-0.4, -0.2) is 26.2 Å². The van der Waals surface area contributed by atoms with Crippen LogP contribution in [0, 0.1) is 0 Å². The number of nitrogens with one attached hydrogen (secondary N) is 1. The van der Waals surface area contributed by atoms with Crippen LogP contribution in [0.2, 0.25) is 0 Å². The predicted molar refractivity (Wildman–Crippen MR) is 101 cm³/mol. The fourth-order valence-corrected chi connectivity index (χ4v) is 2.48. The predicted octanol–water partition coefficient (Wildman–Crippen LogP) is 2.87. The summed E-state index contributed by atoms with van der Waals surface area (Å²) in [5.74, 6) is 1.17. The largest absolute Gasteiger partial charge is 0.493 e. The molecule has 2 aromatic rings. The van der Waals surface area contributed by atoms with E-state index in [1.807, 2.05) is 48.5 Å². The summed E-state index contributed by atoms with van der Waals surface area (Å²) in [6, 6.07) is 14.9. The Morgan fingerprint density at radius 3 is 2.28 bits per heavy atom. The van der Waals surface area contributed by atoms with E-state index < -0.39 is 6.04 Å². The third kappa shape index (κ3) is 5.66. The Hall–Kier alpha value is -2.24. The number of methoxy groups -OCH3 is 2. The summed E-state index contributed by atoms with van der Waals surface area (Å²) >= 11 is 0. The lowest BCUT2D eigenvalue weighted by molar-refractivity contribution is -0.122. The Balaban J connectivity index is 0.00000312. The van der Waals surface area contributed by atoms with Crippen LogP contribution in [0.1, 0.15) is 24.1 Å². The maximum absolute atomic E-state index is 12.1. The van der Waals surface area contributed by atoms with Crippen molar-refractivity contribution in [2.75, 3.05) is 14.2 Å². The maximum Gasteiger partial charge on any atom is 0.237 e. The van der Waals surface area contributed by atoms with Gasteiger partial charge < -0.3 is 20.5 Å². The smallest absolute Gasteiger partial charge is 0.237 e. The van der Waals surface area contributed by atoms with Crippen molar-refractivity contribution >= 4 is 18.3 Å². The highest BCUT2D eigenvalue weighted by molar-refractivity contribution is 5.85. The zero-order valence-electron chi connectivity index (χ0n) is 14.7. The monoisotopic (exact) mass is 364 g/mol. The van der Waals surface area contributed by atoms with Gasteiger partial charge in [0.25, 0.3) is 0 Å². The van der Waals surface area contributed by atoms with Gasteiger partial charge in [-0.1, -0.05) is 36.4 Å². The molecule has 136 valence electrons. The number of nitrogens with two attached hydrogens (primary N) is 1. The van der Waals surface area contributed by atoms with Gasteiger partial charge in [-0.15, -0.1) is 12.4 Å². The molecule has 0 aliphatic heterocycles. The molecule has 0 heterocycles. The summed E-state index contributed by atoms with van der Waals surface area (Å²) in [4.78, 5) is 12.1. The summed E-state index contributed by atoms with van der Waals surface area (Å²) in [6.07, 6.45) is 0.628. The molecule has 25 heavy (non-hydrogen) atoms. The molecule has 0 radical (unpaired) electrons. The van der Waals surface area contributed by atoms with Crippen LogP contribution in [0.5, 0.6) is 11.5 Å². The van der Waals surface area contributed by atoms with Crippen molar-refractivity contribution in [3.63, 3.8) is 0 Å². The second-order valence-corrected chi connectivity index (χ2v) is 5.65. The Bertz CT molecular complexity index is 678. The van der Waals surface area contributed by atoms with Gasteiger partial charge in [-0.25, -0.2) is 0 Å². The summed E-state index contributed by atoms with van der Waals surface area (Å²) < 4.78 is 10.6. The van der Waals surface area contributed by atoms with E-state index in [9.17, 15) is 4.79 Å². The van der Waals surface area contributed by atoms with Gasteiger partial charge in [0, 0.05) is 0 Å². The first-order valence-electron chi connectivity index (χ1n) is 7.87. The number of carbonyl (C=O) groups excluding carboxylic acids is 1. The Morgan fingerprint density at radius 1 is 1.08 bits per heavy atom. The van der Waals surface area contributed by atoms with Crippen molar-refractivity contribution in [3.8, 4) is 11.5 Å². The molecule has 5 nitrogen and oxygen atoms in total. The molecular weight excluding hydrogens is 340 g/mol. The molecule has 0 spiro atoms. The second kappa shape index (κ2) is 9.91. The fourth-order valence-electron chi connectivity index (χ4n) is 2.48. The van der Waals surface area contributed by atoms with E-state index in [0.29, 0.717) is 17.9 Å². The number of ether oxygens (including phenoxy) is 2. The molecule has 0 fully saturated rings. The summed E-state index contributed by atoms with van der Waals surface area (Å²) in [5, 5.41) is 3.01. The van der Waals surface area contributed by atoms with Crippen molar-refractivity contribution in [3.05, 3.63) is 59.7 Å². The maximum atomic E-state index is 12.1. The van der Waals surface area contributed by atoms with Crippen LogP contribution in [0.15, 0.2) is 48.5 Å². The van der Waals surface area contributed by atoms with Crippen LogP contribution in [0.4, 0.5) is 0 Å². The van der Waals surface area contributed by atoms with Gasteiger partial charge in [-0.2, -0.15) is 0 Å². The van der Waals surface area contributed by atoms with E-state index in [4.69, 9.17) is 15.2 Å². The normalized spacial score (nSPS) is 12.5. The quantitative estimate of drug-likeness (QED) is 0.792. The minimum absolute atomic E-state index is 0. The molecule has 0 aliphatic carbocycles. The van der Waals surface area contributed by atoms with Crippen molar-refractivity contribution < 1.29 is 14.3 Å². The van der Waals surface area contributed by atoms with Gasteiger partial charge in [0.1, 0.15) is 0 Å². The SMILES string of the molecule is COc1ccc(CC(NC(=O)[C@@H](C)N)c2ccccc2)cc1OC.Cl. The van der Waals surface area contributed by atoms with E-state index >= 15 is 0 Å². The highest BCUT2D eigenvalue weighted by Gasteiger charge is 2.18. The van der Waals surface area contributed by atoms with E-state index in [1.54, 1.807) is 21.1 Å². The molecule has 2 aromatic carbocycles. The summed E-state index contributed by atoms with van der Waals surface area (Å²) in [6.45, 7) is 1.67. The number of benzene rings is 2. The van der Waals surface area contributed by atoms with Gasteiger partial charge >= 0.3 is 0 Å². The molecule has 0 bridgehead atoms. The lowest BCUT2D eigenvalue weighted by atomic mass is 9.98. The van der Waals surface area contributed by atoms with Gasteiger partial charge in [0.15, 0.2) is 11.5 Å². The lowest BCUT2D eigenvalue weighted by Crippen LogP contribution is -2.40. The van der Waals surface area contributed by atoms with E-state index in [1.165, 1.54) is 0 Å². The molecule has 6 heteroatoms. The second-order valence-electron chi connectivity index (χ2n) is 5.65. The molecule has 3 N–H and O–H groups in total. The van der Waals surface area contributed by atoms with Crippen LogP contribution in [0.3, 0.4) is 0 Å². The van der Waals surface area contributed by atoms with Crippen molar-refractivity contribution in [2.45, 2.75) is 25.4 Å². The minimum Gasteiger partial charge on any atom is -0.493 e.